The van der Waals surface area contributed by atoms with E-state index in [1.807, 2.05) is 0 Å². The molecule has 0 amide bonds. The molecule has 92 valence electrons. The largest absolute Gasteiger partial charge is 0.387 e. The van der Waals surface area contributed by atoms with E-state index in [2.05, 4.69) is 35.2 Å². The first-order chi connectivity index (χ1) is 8.26. The van der Waals surface area contributed by atoms with E-state index >= 15 is 0 Å². The van der Waals surface area contributed by atoms with Gasteiger partial charge in [0.15, 0.2) is 0 Å². The lowest BCUT2D eigenvalue weighted by Crippen LogP contribution is -2.63. The van der Waals surface area contributed by atoms with Crippen molar-refractivity contribution in [1.82, 2.24) is 4.90 Å². The van der Waals surface area contributed by atoms with Crippen molar-refractivity contribution >= 4 is 0 Å². The van der Waals surface area contributed by atoms with Gasteiger partial charge in [-0.1, -0.05) is 30.3 Å². The fraction of sp³-hybridized carbons (Fsp3) is 0.600. The van der Waals surface area contributed by atoms with Crippen molar-refractivity contribution in [3.8, 4) is 0 Å². The van der Waals surface area contributed by atoms with Crippen molar-refractivity contribution < 1.29 is 5.11 Å². The van der Waals surface area contributed by atoms with Crippen molar-refractivity contribution in [3.05, 3.63) is 35.9 Å². The maximum atomic E-state index is 10.2. The third-order valence-electron chi connectivity index (χ3n) is 4.11. The van der Waals surface area contributed by atoms with E-state index in [-0.39, 0.29) is 5.60 Å². The average Bonchev–Trinajstić information content (AvgIpc) is 3.12. The lowest BCUT2D eigenvalue weighted by atomic mass is 9.88. The van der Waals surface area contributed by atoms with Gasteiger partial charge >= 0.3 is 0 Å². The van der Waals surface area contributed by atoms with Crippen molar-refractivity contribution in [2.45, 2.75) is 31.3 Å². The van der Waals surface area contributed by atoms with Crippen LogP contribution >= 0.6 is 0 Å². The first-order valence-corrected chi connectivity index (χ1v) is 6.75. The minimum atomic E-state index is -0.313. The summed E-state index contributed by atoms with van der Waals surface area (Å²) in [4.78, 5) is 2.39. The lowest BCUT2D eigenvalue weighted by molar-refractivity contribution is -0.113. The van der Waals surface area contributed by atoms with Crippen LogP contribution in [0.15, 0.2) is 30.3 Å². The second kappa shape index (κ2) is 4.43. The summed E-state index contributed by atoms with van der Waals surface area (Å²) in [6.07, 6.45) is 4.84. The molecule has 2 fully saturated rings. The summed E-state index contributed by atoms with van der Waals surface area (Å²) in [6.45, 7) is 2.95. The lowest BCUT2D eigenvalue weighted by Gasteiger charge is -2.47. The molecule has 0 spiro atoms. The van der Waals surface area contributed by atoms with Gasteiger partial charge in [-0.05, 0) is 43.7 Å². The smallest absolute Gasteiger partial charge is 0.0928 e. The maximum Gasteiger partial charge on any atom is 0.0928 e. The average molecular weight is 231 g/mol. The van der Waals surface area contributed by atoms with Gasteiger partial charge in [-0.2, -0.15) is 0 Å². The Balaban J connectivity index is 1.36. The van der Waals surface area contributed by atoms with Crippen molar-refractivity contribution in [3.63, 3.8) is 0 Å². The topological polar surface area (TPSA) is 23.5 Å². The molecule has 0 bridgehead atoms. The highest BCUT2D eigenvalue weighted by molar-refractivity contribution is 5.14. The molecule has 3 rings (SSSR count). The number of nitrogens with zero attached hydrogens (tertiary/aromatic N) is 1. The van der Waals surface area contributed by atoms with Crippen molar-refractivity contribution in [1.29, 1.82) is 0 Å². The van der Waals surface area contributed by atoms with E-state index < -0.39 is 0 Å². The standard InChI is InChI=1S/C15H21NO/c17-15(14-8-9-14)11-16(12-15)10-4-7-13-5-2-1-3-6-13/h1-3,5-6,14,17H,4,7-12H2. The van der Waals surface area contributed by atoms with E-state index in [0.717, 1.165) is 26.1 Å². The minimum Gasteiger partial charge on any atom is -0.387 e. The Morgan fingerprint density at radius 1 is 1.18 bits per heavy atom. The molecular weight excluding hydrogens is 210 g/mol. The number of hydrogen-bond acceptors (Lipinski definition) is 2. The molecule has 1 aromatic carbocycles. The Labute approximate surface area is 103 Å². The summed E-state index contributed by atoms with van der Waals surface area (Å²) < 4.78 is 0. The Hall–Kier alpha value is -0.860. The quantitative estimate of drug-likeness (QED) is 0.838. The van der Waals surface area contributed by atoms with Gasteiger partial charge in [-0.15, -0.1) is 0 Å². The maximum absolute atomic E-state index is 10.2. The van der Waals surface area contributed by atoms with Crippen LogP contribution < -0.4 is 0 Å². The molecule has 0 unspecified atom stereocenters. The summed E-state index contributed by atoms with van der Waals surface area (Å²) in [5.74, 6) is 0.618. The molecule has 1 N–H and O–H groups in total. The molecule has 2 heteroatoms. The highest BCUT2D eigenvalue weighted by Gasteiger charge is 2.51. The number of aliphatic hydroxyl groups is 1. The molecular formula is C15H21NO. The van der Waals surface area contributed by atoms with Crippen LogP contribution in [0.1, 0.15) is 24.8 Å². The van der Waals surface area contributed by atoms with Crippen LogP contribution in [0.5, 0.6) is 0 Å². The van der Waals surface area contributed by atoms with Crippen molar-refractivity contribution in [2.24, 2.45) is 5.92 Å². The Morgan fingerprint density at radius 2 is 1.88 bits per heavy atom. The molecule has 2 aliphatic rings. The number of β-amino-alcohol motifs (C(OH)–C–C–N with tert-alkyl or cyclic N) is 1. The van der Waals surface area contributed by atoms with Crippen LogP contribution in [0.3, 0.4) is 0 Å². The second-order valence-corrected chi connectivity index (χ2v) is 5.68. The van der Waals surface area contributed by atoms with E-state index in [0.29, 0.717) is 5.92 Å². The van der Waals surface area contributed by atoms with Gasteiger partial charge in [0.1, 0.15) is 0 Å². The summed E-state index contributed by atoms with van der Waals surface area (Å²) in [6, 6.07) is 10.7. The molecule has 1 aliphatic carbocycles. The first kappa shape index (κ1) is 11.2. The molecule has 17 heavy (non-hydrogen) atoms. The molecule has 1 heterocycles. The number of rotatable bonds is 5. The van der Waals surface area contributed by atoms with E-state index in [1.165, 1.54) is 24.8 Å². The number of aryl methyl sites for hydroxylation is 1. The van der Waals surface area contributed by atoms with E-state index in [1.54, 1.807) is 0 Å². The molecule has 0 aromatic heterocycles. The van der Waals surface area contributed by atoms with Gasteiger partial charge in [0.2, 0.25) is 0 Å². The highest BCUT2D eigenvalue weighted by atomic mass is 16.3. The summed E-state index contributed by atoms with van der Waals surface area (Å²) in [7, 11) is 0. The van der Waals surface area contributed by atoms with Gasteiger partial charge in [-0.25, -0.2) is 0 Å². The second-order valence-electron chi connectivity index (χ2n) is 5.68. The van der Waals surface area contributed by atoms with Crippen LogP contribution in [0, 0.1) is 5.92 Å². The van der Waals surface area contributed by atoms with Crippen molar-refractivity contribution in [2.75, 3.05) is 19.6 Å². The van der Waals surface area contributed by atoms with Crippen LogP contribution in [-0.4, -0.2) is 35.2 Å². The third-order valence-corrected chi connectivity index (χ3v) is 4.11. The molecule has 1 aromatic rings. The Bertz CT molecular complexity index is 366. The monoisotopic (exact) mass is 231 g/mol. The van der Waals surface area contributed by atoms with Gasteiger partial charge in [-0.3, -0.25) is 4.90 Å². The van der Waals surface area contributed by atoms with Gasteiger partial charge in [0, 0.05) is 13.1 Å². The summed E-state index contributed by atoms with van der Waals surface area (Å²) >= 11 is 0. The molecule has 0 atom stereocenters. The first-order valence-electron chi connectivity index (χ1n) is 6.75. The fourth-order valence-electron chi connectivity index (χ4n) is 2.92. The highest BCUT2D eigenvalue weighted by Crippen LogP contribution is 2.44. The third kappa shape index (κ3) is 2.53. The zero-order valence-corrected chi connectivity index (χ0v) is 10.3. The van der Waals surface area contributed by atoms with Crippen LogP contribution in [-0.2, 0) is 6.42 Å². The normalized spacial score (nSPS) is 23.4. The SMILES string of the molecule is OC1(C2CC2)CN(CCCc2ccccc2)C1. The number of hydrogen-bond donors (Lipinski definition) is 1. The minimum absolute atomic E-state index is 0.313. The molecule has 1 saturated heterocycles. The van der Waals surface area contributed by atoms with Crippen LogP contribution in [0.2, 0.25) is 0 Å². The van der Waals surface area contributed by atoms with Crippen LogP contribution in [0.25, 0.3) is 0 Å². The Morgan fingerprint density at radius 3 is 2.53 bits per heavy atom. The predicted octanol–water partition coefficient (Wildman–Crippen LogP) is 2.08. The van der Waals surface area contributed by atoms with E-state index in [4.69, 9.17) is 0 Å². The predicted molar refractivity (Wildman–Crippen MR) is 68.9 cm³/mol. The molecule has 1 saturated carbocycles. The molecule has 2 nitrogen and oxygen atoms in total. The molecule has 1 aliphatic heterocycles. The number of likely N-dealkylation sites (tertiary alicyclic amines) is 1. The number of benzene rings is 1. The molecule has 0 radical (unpaired) electrons. The van der Waals surface area contributed by atoms with Gasteiger partial charge in [0.05, 0.1) is 5.60 Å². The zero-order valence-electron chi connectivity index (χ0n) is 10.3. The van der Waals surface area contributed by atoms with E-state index in [9.17, 15) is 5.11 Å². The summed E-state index contributed by atoms with van der Waals surface area (Å²) in [5.41, 5.74) is 1.11. The fourth-order valence-corrected chi connectivity index (χ4v) is 2.92. The van der Waals surface area contributed by atoms with Gasteiger partial charge < -0.3 is 5.11 Å². The summed E-state index contributed by atoms with van der Waals surface area (Å²) in [5, 5.41) is 10.2. The Kier molecular flexibility index (Phi) is 2.93. The zero-order chi connectivity index (χ0) is 11.7. The van der Waals surface area contributed by atoms with Gasteiger partial charge in [0.25, 0.3) is 0 Å². The van der Waals surface area contributed by atoms with Crippen LogP contribution in [0.4, 0.5) is 0 Å².